The molecule has 0 heterocycles. The summed E-state index contributed by atoms with van der Waals surface area (Å²) in [5.41, 5.74) is 6.98. The highest BCUT2D eigenvalue weighted by atomic mass is 16.5. The average molecular weight is 281 g/mol. The molecule has 0 aromatic heterocycles. The van der Waals surface area contributed by atoms with Crippen LogP contribution in [0.4, 0.5) is 0 Å². The zero-order valence-electron chi connectivity index (χ0n) is 13.1. The van der Waals surface area contributed by atoms with Crippen LogP contribution in [0.25, 0.3) is 0 Å². The van der Waals surface area contributed by atoms with Crippen LogP contribution in [0.5, 0.6) is 5.75 Å². The van der Waals surface area contributed by atoms with Crippen molar-refractivity contribution in [2.24, 2.45) is 0 Å². The number of methoxy groups -OCH3 is 1. The van der Waals surface area contributed by atoms with Gasteiger partial charge in [0.2, 0.25) is 0 Å². The first-order valence-corrected chi connectivity index (χ1v) is 7.66. The fraction of sp³-hybridized carbons (Fsp3) is 0.368. The van der Waals surface area contributed by atoms with Crippen LogP contribution in [0.2, 0.25) is 0 Å². The molecule has 0 radical (unpaired) electrons. The van der Waals surface area contributed by atoms with Gasteiger partial charge in [0.15, 0.2) is 0 Å². The van der Waals surface area contributed by atoms with Crippen LogP contribution in [0.15, 0.2) is 36.4 Å². The molecule has 3 rings (SSSR count). The van der Waals surface area contributed by atoms with Gasteiger partial charge in [0, 0.05) is 0 Å². The molecule has 1 atom stereocenters. The van der Waals surface area contributed by atoms with Crippen molar-refractivity contribution in [3.05, 3.63) is 64.2 Å². The maximum atomic E-state index is 5.31. The third kappa shape index (κ3) is 2.68. The van der Waals surface area contributed by atoms with E-state index < -0.39 is 0 Å². The number of aryl methyl sites for hydroxylation is 3. The molecule has 2 aromatic rings. The second kappa shape index (κ2) is 5.90. The Balaban J connectivity index is 1.98. The zero-order chi connectivity index (χ0) is 14.8. The summed E-state index contributed by atoms with van der Waals surface area (Å²) < 4.78 is 5.31. The molecule has 21 heavy (non-hydrogen) atoms. The van der Waals surface area contributed by atoms with Gasteiger partial charge in [-0.1, -0.05) is 24.3 Å². The summed E-state index contributed by atoms with van der Waals surface area (Å²) >= 11 is 0. The second-order valence-corrected chi connectivity index (χ2v) is 5.83. The number of hydrogen-bond acceptors (Lipinski definition) is 2. The number of ether oxygens (including phenoxy) is 1. The van der Waals surface area contributed by atoms with E-state index in [1.807, 2.05) is 13.1 Å². The van der Waals surface area contributed by atoms with E-state index in [9.17, 15) is 0 Å². The Bertz CT molecular complexity index is 648. The standard InChI is InChI=1S/C19H23NO/c1-13-11-17(21-3)9-10-18(13)19(20-2)16-8-7-14-5-4-6-15(14)12-16/h7-12,19-20H,4-6H2,1-3H3. The average Bonchev–Trinajstić information content (AvgIpc) is 2.97. The first-order chi connectivity index (χ1) is 10.2. The van der Waals surface area contributed by atoms with Crippen LogP contribution < -0.4 is 10.1 Å². The Kier molecular flexibility index (Phi) is 3.98. The van der Waals surface area contributed by atoms with Crippen molar-refractivity contribution in [1.82, 2.24) is 5.32 Å². The molecular formula is C19H23NO. The number of rotatable bonds is 4. The van der Waals surface area contributed by atoms with Gasteiger partial charge in [-0.3, -0.25) is 0 Å². The quantitative estimate of drug-likeness (QED) is 0.920. The minimum atomic E-state index is 0.238. The lowest BCUT2D eigenvalue weighted by Crippen LogP contribution is -2.19. The van der Waals surface area contributed by atoms with E-state index >= 15 is 0 Å². The summed E-state index contributed by atoms with van der Waals surface area (Å²) in [5, 5.41) is 3.46. The van der Waals surface area contributed by atoms with E-state index in [4.69, 9.17) is 4.74 Å². The maximum Gasteiger partial charge on any atom is 0.119 e. The van der Waals surface area contributed by atoms with E-state index in [1.165, 1.54) is 47.1 Å². The molecule has 0 fully saturated rings. The largest absolute Gasteiger partial charge is 0.497 e. The number of fused-ring (bicyclic) bond motifs is 1. The highest BCUT2D eigenvalue weighted by Gasteiger charge is 2.18. The topological polar surface area (TPSA) is 21.3 Å². The molecule has 1 aliphatic rings. The zero-order valence-corrected chi connectivity index (χ0v) is 13.1. The lowest BCUT2D eigenvalue weighted by atomic mass is 9.93. The Morgan fingerprint density at radius 3 is 2.57 bits per heavy atom. The van der Waals surface area contributed by atoms with Crippen LogP contribution >= 0.6 is 0 Å². The van der Waals surface area contributed by atoms with Crippen molar-refractivity contribution in [2.75, 3.05) is 14.2 Å². The van der Waals surface area contributed by atoms with Gasteiger partial charge >= 0.3 is 0 Å². The van der Waals surface area contributed by atoms with Gasteiger partial charge in [-0.2, -0.15) is 0 Å². The lowest BCUT2D eigenvalue weighted by Gasteiger charge is -2.21. The molecule has 0 spiro atoms. The molecule has 110 valence electrons. The Labute approximate surface area is 127 Å². The van der Waals surface area contributed by atoms with Crippen molar-refractivity contribution < 1.29 is 4.74 Å². The van der Waals surface area contributed by atoms with Crippen LogP contribution in [-0.2, 0) is 12.8 Å². The van der Waals surface area contributed by atoms with Gasteiger partial charge in [-0.05, 0) is 73.2 Å². The third-order valence-electron chi connectivity index (χ3n) is 4.53. The van der Waals surface area contributed by atoms with Crippen molar-refractivity contribution in [1.29, 1.82) is 0 Å². The van der Waals surface area contributed by atoms with E-state index in [1.54, 1.807) is 7.11 Å². The fourth-order valence-corrected chi connectivity index (χ4v) is 3.37. The van der Waals surface area contributed by atoms with Crippen molar-refractivity contribution >= 4 is 0 Å². The van der Waals surface area contributed by atoms with Crippen molar-refractivity contribution in [3.63, 3.8) is 0 Å². The van der Waals surface area contributed by atoms with Gasteiger partial charge in [0.25, 0.3) is 0 Å². The number of hydrogen-bond donors (Lipinski definition) is 1. The van der Waals surface area contributed by atoms with Crippen molar-refractivity contribution in [2.45, 2.75) is 32.2 Å². The Morgan fingerprint density at radius 2 is 1.86 bits per heavy atom. The molecule has 0 bridgehead atoms. The van der Waals surface area contributed by atoms with Crippen LogP contribution in [-0.4, -0.2) is 14.2 Å². The van der Waals surface area contributed by atoms with Crippen LogP contribution in [0.3, 0.4) is 0 Å². The molecule has 0 saturated carbocycles. The Morgan fingerprint density at radius 1 is 1.05 bits per heavy atom. The summed E-state index contributed by atoms with van der Waals surface area (Å²) in [5.74, 6) is 0.917. The third-order valence-corrected chi connectivity index (χ3v) is 4.53. The summed E-state index contributed by atoms with van der Waals surface area (Å²) in [4.78, 5) is 0. The summed E-state index contributed by atoms with van der Waals surface area (Å²) in [7, 11) is 3.74. The minimum absolute atomic E-state index is 0.238. The second-order valence-electron chi connectivity index (χ2n) is 5.83. The van der Waals surface area contributed by atoms with Gasteiger partial charge < -0.3 is 10.1 Å². The fourth-order valence-electron chi connectivity index (χ4n) is 3.37. The van der Waals surface area contributed by atoms with Crippen molar-refractivity contribution in [3.8, 4) is 5.75 Å². The smallest absolute Gasteiger partial charge is 0.119 e. The summed E-state index contributed by atoms with van der Waals surface area (Å²) in [6.45, 7) is 2.15. The van der Waals surface area contributed by atoms with Crippen LogP contribution in [0, 0.1) is 6.92 Å². The first-order valence-electron chi connectivity index (χ1n) is 7.66. The molecule has 0 aliphatic heterocycles. The minimum Gasteiger partial charge on any atom is -0.497 e. The predicted octanol–water partition coefficient (Wildman–Crippen LogP) is 3.80. The molecule has 0 saturated heterocycles. The SMILES string of the molecule is CNC(c1ccc2c(c1)CCC2)c1ccc(OC)cc1C. The van der Waals surface area contributed by atoms with E-state index in [0.717, 1.165) is 5.75 Å². The van der Waals surface area contributed by atoms with E-state index in [2.05, 4.69) is 42.6 Å². The molecule has 1 unspecified atom stereocenters. The maximum absolute atomic E-state index is 5.31. The first kappa shape index (κ1) is 14.2. The van der Waals surface area contributed by atoms with Gasteiger partial charge in [0.05, 0.1) is 13.2 Å². The normalized spacial score (nSPS) is 14.8. The highest BCUT2D eigenvalue weighted by Crippen LogP contribution is 2.30. The van der Waals surface area contributed by atoms with Gasteiger partial charge in [0.1, 0.15) is 5.75 Å². The molecular weight excluding hydrogens is 258 g/mol. The van der Waals surface area contributed by atoms with E-state index in [-0.39, 0.29) is 6.04 Å². The Hall–Kier alpha value is -1.80. The predicted molar refractivity (Wildman–Crippen MR) is 87.1 cm³/mol. The number of nitrogens with one attached hydrogen (secondary N) is 1. The van der Waals surface area contributed by atoms with Gasteiger partial charge in [-0.15, -0.1) is 0 Å². The molecule has 0 amide bonds. The van der Waals surface area contributed by atoms with Crippen LogP contribution in [0.1, 0.15) is 40.3 Å². The molecule has 1 N–H and O–H groups in total. The van der Waals surface area contributed by atoms with Gasteiger partial charge in [-0.25, -0.2) is 0 Å². The molecule has 1 aliphatic carbocycles. The molecule has 2 aromatic carbocycles. The number of benzene rings is 2. The summed E-state index contributed by atoms with van der Waals surface area (Å²) in [6, 6.07) is 13.5. The van der Waals surface area contributed by atoms with E-state index in [0.29, 0.717) is 0 Å². The monoisotopic (exact) mass is 281 g/mol. The molecule has 2 nitrogen and oxygen atoms in total. The highest BCUT2D eigenvalue weighted by molar-refractivity contribution is 5.44. The lowest BCUT2D eigenvalue weighted by molar-refractivity contribution is 0.414. The summed E-state index contributed by atoms with van der Waals surface area (Å²) in [6.07, 6.45) is 3.76. The molecule has 2 heteroatoms.